The Hall–Kier alpha value is -8.89. The molecule has 0 bridgehead atoms. The summed E-state index contributed by atoms with van der Waals surface area (Å²) in [5.41, 5.74) is 18.3. The molecule has 0 spiro atoms. The highest BCUT2D eigenvalue weighted by Crippen LogP contribution is 2.44. The SMILES string of the molecule is C.CC.CC.CC.CC1c2ccccc2-c2ccccc21.Cc1cc2ccccc2c2ccccc12.Cc1ccc2c(c1)C(C)c1cc(C)ccc1C2.Cc1cccc2ccccc12.Cc1ccccn1.c1ccccc1.c1ccoc1.c1ccsc1. The van der Waals surface area contributed by atoms with E-state index < -0.39 is 0 Å². The fourth-order valence-corrected chi connectivity index (χ4v) is 10.7. The molecule has 3 heteroatoms. The first kappa shape index (κ1) is 70.6. The Balaban J connectivity index is 0.000000217. The van der Waals surface area contributed by atoms with E-state index in [1.54, 1.807) is 30.1 Å². The van der Waals surface area contributed by atoms with Gasteiger partial charge in [0.2, 0.25) is 0 Å². The van der Waals surface area contributed by atoms with Crippen LogP contribution in [0.15, 0.2) is 295 Å². The number of rotatable bonds is 0. The van der Waals surface area contributed by atoms with Crippen LogP contribution in [0, 0.1) is 34.6 Å². The normalized spacial score (nSPS) is 10.6. The standard InChI is InChI=1S/C17H18.C15H12.C14H12.C11H10.C6H7N.C6H6.C4H4O.C4H4S.3C2H6.CH4/c1-11-4-6-14-10-15-7-5-12(2)9-17(15)13(3)16(14)8-11;1-11-10-12-6-2-3-8-14(12)15-9-5-4-7-13(11)15;1-10-11-6-2-4-8-13(11)14-9-5-3-7-12(10)14;1-9-5-4-7-10-6-2-3-8-11(9)10;1-6-4-2-3-5-7-6;1-2-4-6-5-3-1;2*1-2-4-5-3-1;3*1-2;/h4-9,13H,10H2,1-3H3;2-10H,1H3;2-10H,1H3;2-8H,1H3;2-5H,1H3;1-6H;2*1-4H;3*1-2H3;1H4. The van der Waals surface area contributed by atoms with Crippen molar-refractivity contribution in [1.82, 2.24) is 4.98 Å². The van der Waals surface area contributed by atoms with Crippen LogP contribution in [-0.4, -0.2) is 4.98 Å². The molecule has 3 heterocycles. The van der Waals surface area contributed by atoms with Gasteiger partial charge in [-0.1, -0.05) is 311 Å². The summed E-state index contributed by atoms with van der Waals surface area (Å²) >= 11 is 1.71. The molecule has 0 aliphatic heterocycles. The van der Waals surface area contributed by atoms with E-state index in [0.717, 1.165) is 12.1 Å². The van der Waals surface area contributed by atoms with Gasteiger partial charge < -0.3 is 4.42 Å². The van der Waals surface area contributed by atoms with Gasteiger partial charge in [-0.2, -0.15) is 11.3 Å². The highest BCUT2D eigenvalue weighted by molar-refractivity contribution is 7.07. The van der Waals surface area contributed by atoms with Crippen LogP contribution in [0.3, 0.4) is 0 Å². The minimum absolute atomic E-state index is 0. The largest absolute Gasteiger partial charge is 0.473 e. The van der Waals surface area contributed by atoms with Gasteiger partial charge in [0.1, 0.15) is 0 Å². The van der Waals surface area contributed by atoms with Crippen molar-refractivity contribution in [1.29, 1.82) is 0 Å². The number of aromatic nitrogens is 1. The van der Waals surface area contributed by atoms with Gasteiger partial charge in [-0.05, 0) is 164 Å². The molecule has 0 saturated heterocycles. The Morgan fingerprint density at radius 3 is 1.24 bits per heavy atom. The van der Waals surface area contributed by atoms with E-state index in [-0.39, 0.29) is 7.43 Å². The van der Waals surface area contributed by atoms with Crippen LogP contribution in [0.25, 0.3) is 43.4 Å². The molecule has 0 fully saturated rings. The first-order valence-corrected chi connectivity index (χ1v) is 31.6. The maximum atomic E-state index is 4.58. The number of hydrogen-bond acceptors (Lipinski definition) is 3. The molecule has 2 aliphatic carbocycles. The van der Waals surface area contributed by atoms with Gasteiger partial charge in [0.05, 0.1) is 12.5 Å². The third kappa shape index (κ3) is 21.5. The average molecular weight is 1170 g/mol. The Bertz CT molecular complexity index is 3710. The van der Waals surface area contributed by atoms with Gasteiger partial charge in [0, 0.05) is 23.7 Å². The molecule has 3 aromatic heterocycles. The van der Waals surface area contributed by atoms with Gasteiger partial charge in [0.25, 0.3) is 0 Å². The summed E-state index contributed by atoms with van der Waals surface area (Å²) < 4.78 is 4.58. The highest BCUT2D eigenvalue weighted by Gasteiger charge is 2.24. The van der Waals surface area contributed by atoms with Crippen LogP contribution in [-0.2, 0) is 6.42 Å². The van der Waals surface area contributed by atoms with Crippen LogP contribution in [0.1, 0.15) is 136 Å². The fraction of sp³-hybridized carbons (Fsp3) is 0.202. The second kappa shape index (κ2) is 39.7. The molecular formula is C84H95NOS. The average Bonchev–Trinajstić information content (AvgIpc) is 2.07. The van der Waals surface area contributed by atoms with Crippen LogP contribution in [0.4, 0.5) is 0 Å². The number of hydrogen-bond donors (Lipinski definition) is 0. The van der Waals surface area contributed by atoms with Crippen LogP contribution >= 0.6 is 11.3 Å². The molecular weight excluding hydrogens is 1070 g/mol. The molecule has 0 N–H and O–H groups in total. The summed E-state index contributed by atoms with van der Waals surface area (Å²) in [5, 5.41) is 12.2. The number of benzene rings is 10. The zero-order valence-electron chi connectivity index (χ0n) is 53.3. The van der Waals surface area contributed by atoms with Crippen molar-refractivity contribution in [2.24, 2.45) is 0 Å². The Morgan fingerprint density at radius 2 is 0.793 bits per heavy atom. The zero-order chi connectivity index (χ0) is 61.9. The van der Waals surface area contributed by atoms with Gasteiger partial charge in [-0.15, -0.1) is 0 Å². The quantitative estimate of drug-likeness (QED) is 0.141. The Labute approximate surface area is 528 Å². The van der Waals surface area contributed by atoms with Gasteiger partial charge in [-0.3, -0.25) is 4.98 Å². The van der Waals surface area contributed by atoms with Crippen molar-refractivity contribution in [3.8, 4) is 11.1 Å². The van der Waals surface area contributed by atoms with Gasteiger partial charge in [0.15, 0.2) is 0 Å². The molecule has 0 radical (unpaired) electrons. The van der Waals surface area contributed by atoms with Crippen LogP contribution in [0.5, 0.6) is 0 Å². The predicted molar refractivity (Wildman–Crippen MR) is 386 cm³/mol. The lowest BCUT2D eigenvalue weighted by Crippen LogP contribution is -2.11. The second-order valence-electron chi connectivity index (χ2n) is 20.2. The second-order valence-corrected chi connectivity index (χ2v) is 21.0. The predicted octanol–water partition coefficient (Wildman–Crippen LogP) is 25.4. The topological polar surface area (TPSA) is 26.0 Å². The lowest BCUT2D eigenvalue weighted by atomic mass is 9.78. The summed E-state index contributed by atoms with van der Waals surface area (Å²) in [7, 11) is 0. The molecule has 0 saturated carbocycles. The first-order chi connectivity index (χ1) is 42.2. The molecule has 448 valence electrons. The Kier molecular flexibility index (Phi) is 32.2. The highest BCUT2D eigenvalue weighted by atomic mass is 32.1. The maximum absolute atomic E-state index is 4.58. The molecule has 2 aliphatic rings. The van der Waals surface area contributed by atoms with E-state index in [2.05, 4.69) is 233 Å². The molecule has 0 atom stereocenters. The number of aryl methyl sites for hydroxylation is 5. The fourth-order valence-electron chi connectivity index (χ4n) is 10.3. The minimum Gasteiger partial charge on any atom is -0.473 e. The molecule has 2 nitrogen and oxygen atoms in total. The van der Waals surface area contributed by atoms with Crippen molar-refractivity contribution in [2.75, 3.05) is 0 Å². The summed E-state index contributed by atoms with van der Waals surface area (Å²) in [6.07, 6.45) is 6.13. The molecule has 0 unspecified atom stereocenters. The summed E-state index contributed by atoms with van der Waals surface area (Å²) in [6, 6.07) is 91.0. The zero-order valence-corrected chi connectivity index (χ0v) is 54.2. The smallest absolute Gasteiger partial charge is 0.0902 e. The number of pyridine rings is 1. The third-order valence-electron chi connectivity index (χ3n) is 14.4. The number of nitrogens with zero attached hydrogens (tertiary/aromatic N) is 1. The van der Waals surface area contributed by atoms with Gasteiger partial charge >= 0.3 is 0 Å². The number of thiophene rings is 1. The van der Waals surface area contributed by atoms with E-state index in [4.69, 9.17) is 0 Å². The molecule has 15 rings (SSSR count). The monoisotopic (exact) mass is 1170 g/mol. The molecule has 10 aromatic carbocycles. The molecule has 0 amide bonds. The van der Waals surface area contributed by atoms with Gasteiger partial charge in [-0.25, -0.2) is 0 Å². The van der Waals surface area contributed by atoms with E-state index in [1.165, 1.54) is 99.1 Å². The maximum Gasteiger partial charge on any atom is 0.0902 e. The first-order valence-electron chi connectivity index (χ1n) is 30.7. The Morgan fingerprint density at radius 1 is 0.356 bits per heavy atom. The van der Waals surface area contributed by atoms with E-state index in [1.807, 2.05) is 138 Å². The lowest BCUT2D eigenvalue weighted by Gasteiger charge is -2.26. The molecule has 13 aromatic rings. The van der Waals surface area contributed by atoms with Crippen molar-refractivity contribution < 1.29 is 4.42 Å². The van der Waals surface area contributed by atoms with Crippen molar-refractivity contribution >= 4 is 43.7 Å². The van der Waals surface area contributed by atoms with Crippen LogP contribution < -0.4 is 0 Å². The van der Waals surface area contributed by atoms with Crippen molar-refractivity contribution in [2.45, 2.75) is 116 Å². The molecule has 87 heavy (non-hydrogen) atoms. The van der Waals surface area contributed by atoms with Crippen LogP contribution in [0.2, 0.25) is 0 Å². The summed E-state index contributed by atoms with van der Waals surface area (Å²) in [5.74, 6) is 1.09. The summed E-state index contributed by atoms with van der Waals surface area (Å²) in [6.45, 7) is 27.3. The van der Waals surface area contributed by atoms with E-state index in [0.29, 0.717) is 11.8 Å². The van der Waals surface area contributed by atoms with E-state index >= 15 is 0 Å². The number of fused-ring (bicyclic) bond motifs is 9. The summed E-state index contributed by atoms with van der Waals surface area (Å²) in [4.78, 5) is 3.98. The van der Waals surface area contributed by atoms with E-state index in [9.17, 15) is 0 Å². The van der Waals surface area contributed by atoms with Crippen molar-refractivity contribution in [3.05, 3.63) is 352 Å². The lowest BCUT2D eigenvalue weighted by molar-refractivity contribution is 0.567. The third-order valence-corrected chi connectivity index (χ3v) is 15.0. The minimum atomic E-state index is 0. The van der Waals surface area contributed by atoms with Crippen molar-refractivity contribution in [3.63, 3.8) is 0 Å². The number of furan rings is 1.